The number of rotatable bonds is 5. The molecule has 0 aliphatic heterocycles. The number of benzene rings is 1. The Labute approximate surface area is 137 Å². The van der Waals surface area contributed by atoms with Crippen molar-refractivity contribution in [1.29, 1.82) is 0 Å². The molecule has 1 aromatic carbocycles. The third kappa shape index (κ3) is 3.08. The van der Waals surface area contributed by atoms with Gasteiger partial charge in [0.15, 0.2) is 0 Å². The normalized spacial score (nSPS) is 31.0. The lowest BCUT2D eigenvalue weighted by Gasteiger charge is -2.52. The first kappa shape index (κ1) is 15.6. The molecule has 3 unspecified atom stereocenters. The van der Waals surface area contributed by atoms with Gasteiger partial charge >= 0.3 is 0 Å². The highest BCUT2D eigenvalue weighted by atomic mass is 14.5. The zero-order chi connectivity index (χ0) is 15.7. The topological polar surface area (TPSA) is 0 Å². The molecule has 0 aromatic heterocycles. The summed E-state index contributed by atoms with van der Waals surface area (Å²) in [6.45, 7) is 10.9. The largest absolute Gasteiger partial charge is 0.129 e. The molecule has 3 rings (SSSR count). The highest BCUT2D eigenvalue weighted by Gasteiger charge is 2.47. The molecule has 0 N–H and O–H groups in total. The van der Waals surface area contributed by atoms with Gasteiger partial charge in [-0.2, -0.15) is 0 Å². The molecule has 2 saturated carbocycles. The summed E-state index contributed by atoms with van der Waals surface area (Å²) in [6, 6.07) is 9.04. The standard InChI is InChI=1S/C22H30.H2/c1-5-18(22-20-12-16(3)13-21(22)14-20)11-8-17(4)19-9-6-15(2)7-10-19;/h6-7,9-10,16-17,20-22H,1,8,11-14H2,2-4H3;1H. The number of fused-ring (bicyclic) bond motifs is 2. The first-order valence-corrected chi connectivity index (χ1v) is 9.03. The van der Waals surface area contributed by atoms with Crippen LogP contribution in [-0.4, -0.2) is 0 Å². The van der Waals surface area contributed by atoms with Crippen molar-refractivity contribution in [3.8, 4) is 0 Å². The average Bonchev–Trinajstić information content (AvgIpc) is 2.51. The number of aryl methyl sites for hydroxylation is 1. The molecule has 22 heavy (non-hydrogen) atoms. The molecular weight excluding hydrogens is 264 g/mol. The van der Waals surface area contributed by atoms with Crippen LogP contribution in [0.5, 0.6) is 0 Å². The number of allylic oxidation sites excluding steroid dienone is 1. The molecule has 0 nitrogen and oxygen atoms in total. The van der Waals surface area contributed by atoms with Gasteiger partial charge in [-0.25, -0.2) is 0 Å². The molecule has 0 spiro atoms. The van der Waals surface area contributed by atoms with Crippen molar-refractivity contribution in [2.24, 2.45) is 23.7 Å². The van der Waals surface area contributed by atoms with Crippen LogP contribution >= 0.6 is 0 Å². The van der Waals surface area contributed by atoms with Crippen LogP contribution in [0, 0.1) is 30.6 Å². The van der Waals surface area contributed by atoms with Crippen molar-refractivity contribution in [3.63, 3.8) is 0 Å². The van der Waals surface area contributed by atoms with Crippen molar-refractivity contribution in [3.05, 3.63) is 53.3 Å². The zero-order valence-electron chi connectivity index (χ0n) is 14.4. The van der Waals surface area contributed by atoms with Gasteiger partial charge in [0.2, 0.25) is 0 Å². The van der Waals surface area contributed by atoms with Crippen LogP contribution in [0.1, 0.15) is 64.4 Å². The van der Waals surface area contributed by atoms with E-state index in [-0.39, 0.29) is 1.43 Å². The van der Waals surface area contributed by atoms with E-state index in [9.17, 15) is 0 Å². The van der Waals surface area contributed by atoms with E-state index in [2.05, 4.69) is 57.3 Å². The molecule has 0 amide bonds. The molecule has 2 aliphatic carbocycles. The van der Waals surface area contributed by atoms with Gasteiger partial charge in [0.05, 0.1) is 0 Å². The van der Waals surface area contributed by atoms with Crippen molar-refractivity contribution in [1.82, 2.24) is 0 Å². The van der Waals surface area contributed by atoms with E-state index in [0.717, 1.165) is 23.7 Å². The van der Waals surface area contributed by atoms with Gasteiger partial charge in [-0.05, 0) is 79.8 Å². The predicted molar refractivity (Wildman–Crippen MR) is 97.1 cm³/mol. The maximum atomic E-state index is 4.01. The molecule has 0 heteroatoms. The Bertz CT molecular complexity index is 552. The van der Waals surface area contributed by atoms with Crippen molar-refractivity contribution in [2.75, 3.05) is 0 Å². The fourth-order valence-corrected chi connectivity index (χ4v) is 4.86. The van der Waals surface area contributed by atoms with Gasteiger partial charge in [-0.1, -0.05) is 50.3 Å². The van der Waals surface area contributed by atoms with E-state index in [1.165, 1.54) is 48.8 Å². The van der Waals surface area contributed by atoms with Crippen molar-refractivity contribution in [2.45, 2.75) is 58.8 Å². The first-order chi connectivity index (χ1) is 10.6. The number of hydrogen-bond donors (Lipinski definition) is 0. The van der Waals surface area contributed by atoms with Crippen molar-refractivity contribution >= 4 is 0 Å². The lowest BCUT2D eigenvalue weighted by Crippen LogP contribution is -2.44. The smallest absolute Gasteiger partial charge is 0 e. The van der Waals surface area contributed by atoms with E-state index >= 15 is 0 Å². The molecule has 3 atom stereocenters. The Hall–Kier alpha value is -1.26. The maximum absolute atomic E-state index is 4.01. The van der Waals surface area contributed by atoms with Gasteiger partial charge in [-0.15, -0.1) is 5.73 Å². The van der Waals surface area contributed by atoms with Gasteiger partial charge in [0.1, 0.15) is 0 Å². The van der Waals surface area contributed by atoms with E-state index < -0.39 is 0 Å². The second kappa shape index (κ2) is 6.47. The molecule has 0 radical (unpaired) electrons. The molecule has 0 saturated heterocycles. The van der Waals surface area contributed by atoms with E-state index in [4.69, 9.17) is 0 Å². The Morgan fingerprint density at radius 1 is 1.23 bits per heavy atom. The summed E-state index contributed by atoms with van der Waals surface area (Å²) in [5.74, 6) is 4.26. The zero-order valence-corrected chi connectivity index (χ0v) is 14.4. The van der Waals surface area contributed by atoms with Crippen LogP contribution in [-0.2, 0) is 0 Å². The Morgan fingerprint density at radius 2 is 1.86 bits per heavy atom. The lowest BCUT2D eigenvalue weighted by molar-refractivity contribution is 0.00783. The minimum atomic E-state index is 0. The SMILES string of the molecule is C=C=C(CCC(C)c1ccc(C)cc1)C1C2CC(C)CC1C2.[HH]. The second-order valence-corrected chi connectivity index (χ2v) is 7.91. The maximum Gasteiger partial charge on any atom is 0 e. The van der Waals surface area contributed by atoms with E-state index in [1.807, 2.05) is 0 Å². The number of hydrogen-bond acceptors (Lipinski definition) is 0. The highest BCUT2D eigenvalue weighted by molar-refractivity contribution is 5.24. The summed E-state index contributed by atoms with van der Waals surface area (Å²) in [7, 11) is 0. The Morgan fingerprint density at radius 3 is 2.45 bits per heavy atom. The van der Waals surface area contributed by atoms with E-state index in [1.54, 1.807) is 0 Å². The van der Waals surface area contributed by atoms with Gasteiger partial charge < -0.3 is 0 Å². The molecule has 2 aliphatic rings. The van der Waals surface area contributed by atoms with Crippen molar-refractivity contribution < 1.29 is 1.43 Å². The van der Waals surface area contributed by atoms with Crippen LogP contribution < -0.4 is 0 Å². The minimum absolute atomic E-state index is 0. The summed E-state index contributed by atoms with van der Waals surface area (Å²) < 4.78 is 0. The van der Waals surface area contributed by atoms with Crippen LogP contribution in [0.4, 0.5) is 0 Å². The molecular formula is C22H32. The summed E-state index contributed by atoms with van der Waals surface area (Å²) in [5, 5.41) is 0. The lowest BCUT2D eigenvalue weighted by atomic mass is 9.52. The molecule has 120 valence electrons. The third-order valence-electron chi connectivity index (χ3n) is 6.15. The summed E-state index contributed by atoms with van der Waals surface area (Å²) in [5.41, 5.74) is 7.68. The van der Waals surface area contributed by atoms with Gasteiger partial charge in [-0.3, -0.25) is 0 Å². The van der Waals surface area contributed by atoms with Gasteiger partial charge in [0.25, 0.3) is 0 Å². The van der Waals surface area contributed by atoms with Crippen LogP contribution in [0.3, 0.4) is 0 Å². The van der Waals surface area contributed by atoms with Crippen LogP contribution in [0.15, 0.2) is 42.1 Å². The van der Waals surface area contributed by atoms with E-state index in [0.29, 0.717) is 5.92 Å². The summed E-state index contributed by atoms with van der Waals surface area (Å²) in [4.78, 5) is 0. The molecule has 2 bridgehead atoms. The Kier molecular flexibility index (Phi) is 4.59. The molecule has 2 fully saturated rings. The van der Waals surface area contributed by atoms with Crippen LogP contribution in [0.25, 0.3) is 0 Å². The first-order valence-electron chi connectivity index (χ1n) is 9.03. The highest BCUT2D eigenvalue weighted by Crippen LogP contribution is 2.56. The summed E-state index contributed by atoms with van der Waals surface area (Å²) >= 11 is 0. The quantitative estimate of drug-likeness (QED) is 0.543. The third-order valence-corrected chi connectivity index (χ3v) is 6.15. The second-order valence-electron chi connectivity index (χ2n) is 7.91. The Balaban J connectivity index is 0.00000192. The minimum Gasteiger partial charge on any atom is -0.129 e. The molecule has 1 aromatic rings. The van der Waals surface area contributed by atoms with Gasteiger partial charge in [0, 0.05) is 1.43 Å². The average molecular weight is 296 g/mol. The monoisotopic (exact) mass is 296 g/mol. The fourth-order valence-electron chi connectivity index (χ4n) is 4.86. The predicted octanol–water partition coefficient (Wildman–Crippen LogP) is 6.52. The molecule has 0 heterocycles. The summed E-state index contributed by atoms with van der Waals surface area (Å²) in [6.07, 6.45) is 6.74. The van der Waals surface area contributed by atoms with Crippen LogP contribution in [0.2, 0.25) is 0 Å². The fraction of sp³-hybridized carbons (Fsp3) is 0.591.